The fourth-order valence-electron chi connectivity index (χ4n) is 9.41. The highest BCUT2D eigenvalue weighted by molar-refractivity contribution is 5.89. The minimum atomic E-state index is 1.14. The van der Waals surface area contributed by atoms with Gasteiger partial charge in [0.2, 0.25) is 0 Å². The minimum absolute atomic E-state index is 1.14. The Bertz CT molecular complexity index is 3140. The number of hydrogen-bond acceptors (Lipinski definition) is 0. The highest BCUT2D eigenvalue weighted by Crippen LogP contribution is 2.24. The van der Waals surface area contributed by atoms with Crippen LogP contribution in [0.1, 0.15) is 156 Å². The standard InChI is InChI=1S/C13H14.3C10H14.4C9H12/c1-9-7-11(3)13-10(2)5-4-6-12(13)8-9;1-7-5-9(3)10(4)6-8(7)2;1-4-10-6-5-8(2)9(3)7-10;1-4-10-7-5-6-8(2)9(10)3;1-7-4-8(2)6-9(3)5-7;1-7-4-5-8(2)9(3)6-7;1-3-9-6-4-5-8(2)7-9;1-3-9-7-5-4-6-8(9)2/h4-8H,1-3H3;5-6H,1-4H3;2*5-7H,4H2,1-3H3;2*4-6H,1-3H3;2*4-7H,3H2,1-2H3. The van der Waals surface area contributed by atoms with Gasteiger partial charge in [-0.1, -0.05) is 225 Å². The van der Waals surface area contributed by atoms with Gasteiger partial charge in [-0.3, -0.25) is 0 Å². The van der Waals surface area contributed by atoms with E-state index in [-0.39, 0.29) is 0 Å². The van der Waals surface area contributed by atoms with Gasteiger partial charge in [0.05, 0.1) is 0 Å². The molecule has 0 heterocycles. The van der Waals surface area contributed by atoms with Crippen LogP contribution in [0.25, 0.3) is 10.8 Å². The van der Waals surface area contributed by atoms with E-state index in [1.165, 1.54) is 139 Å². The van der Waals surface area contributed by atoms with Crippen molar-refractivity contribution in [1.82, 2.24) is 0 Å². The molecule has 0 saturated carbocycles. The monoisotopic (exact) mass is 1050 g/mol. The third-order valence-electron chi connectivity index (χ3n) is 14.9. The van der Waals surface area contributed by atoms with Gasteiger partial charge in [-0.05, 0) is 263 Å². The average Bonchev–Trinajstić information content (AvgIpc) is 3.39. The molecule has 0 spiro atoms. The predicted octanol–water partition coefficient (Wildman–Crippen LogP) is 22.8. The summed E-state index contributed by atoms with van der Waals surface area (Å²) < 4.78 is 0. The summed E-state index contributed by atoms with van der Waals surface area (Å²) in [6, 6.07) is 58.7. The molecule has 0 N–H and O–H groups in total. The third kappa shape index (κ3) is 25.3. The van der Waals surface area contributed by atoms with Gasteiger partial charge < -0.3 is 0 Å². The summed E-state index contributed by atoms with van der Waals surface area (Å²) in [7, 11) is 0. The molecule has 0 unspecified atom stereocenters. The number of hydrogen-bond donors (Lipinski definition) is 0. The molecule has 0 aliphatic rings. The highest BCUT2D eigenvalue weighted by Gasteiger charge is 2.01. The first-order chi connectivity index (χ1) is 37.3. The van der Waals surface area contributed by atoms with Crippen molar-refractivity contribution in [3.05, 3.63) is 292 Å². The van der Waals surface area contributed by atoms with Crippen LogP contribution >= 0.6 is 0 Å². The quantitative estimate of drug-likeness (QED) is 0.165. The van der Waals surface area contributed by atoms with E-state index in [0.717, 1.165) is 25.7 Å². The maximum Gasteiger partial charge on any atom is -0.0125 e. The summed E-state index contributed by atoms with van der Waals surface area (Å²) in [4.78, 5) is 0. The topological polar surface area (TPSA) is 0 Å². The highest BCUT2D eigenvalue weighted by atomic mass is 14.1. The Balaban J connectivity index is 0.000000310. The van der Waals surface area contributed by atoms with E-state index in [4.69, 9.17) is 0 Å². The Morgan fingerprint density at radius 2 is 0.620 bits per heavy atom. The van der Waals surface area contributed by atoms with E-state index in [0.29, 0.717) is 0 Å². The van der Waals surface area contributed by atoms with Gasteiger partial charge in [-0.15, -0.1) is 0 Å². The second-order valence-electron chi connectivity index (χ2n) is 22.1. The number of benzene rings is 9. The number of fused-ring (bicyclic) bond motifs is 1. The van der Waals surface area contributed by atoms with E-state index in [1.54, 1.807) is 0 Å². The molecule has 0 bridgehead atoms. The summed E-state index contributed by atoms with van der Waals surface area (Å²) in [6.07, 6.45) is 4.57. The van der Waals surface area contributed by atoms with Crippen LogP contribution in [0.3, 0.4) is 0 Å². The van der Waals surface area contributed by atoms with Crippen LogP contribution in [-0.4, -0.2) is 0 Å². The average molecular weight is 1050 g/mol. The van der Waals surface area contributed by atoms with Gasteiger partial charge in [-0.2, -0.15) is 0 Å². The fourth-order valence-corrected chi connectivity index (χ4v) is 9.41. The Labute approximate surface area is 484 Å². The van der Waals surface area contributed by atoms with Crippen LogP contribution in [0.15, 0.2) is 164 Å². The zero-order valence-electron chi connectivity index (χ0n) is 53.9. The molecule has 0 heteroatoms. The van der Waals surface area contributed by atoms with Crippen molar-refractivity contribution in [2.45, 2.75) is 185 Å². The molecule has 0 amide bonds. The van der Waals surface area contributed by atoms with Gasteiger partial charge >= 0.3 is 0 Å². The molecular weight excluding hydrogens is 949 g/mol. The van der Waals surface area contributed by atoms with Crippen molar-refractivity contribution in [3.63, 3.8) is 0 Å². The van der Waals surface area contributed by atoms with Gasteiger partial charge in [-0.25, -0.2) is 0 Å². The molecule has 0 saturated heterocycles. The molecule has 0 aromatic heterocycles. The smallest absolute Gasteiger partial charge is 0.0125 e. The fraction of sp³-hybridized carbons (Fsp3) is 0.342. The van der Waals surface area contributed by atoms with Crippen molar-refractivity contribution in [2.75, 3.05) is 0 Å². The normalized spacial score (nSPS) is 9.91. The van der Waals surface area contributed by atoms with E-state index in [9.17, 15) is 0 Å². The molecule has 0 radical (unpaired) electrons. The molecule has 0 fully saturated rings. The minimum Gasteiger partial charge on any atom is -0.0620 e. The number of rotatable bonds is 4. The zero-order valence-corrected chi connectivity index (χ0v) is 53.9. The third-order valence-corrected chi connectivity index (χ3v) is 14.9. The lowest BCUT2D eigenvalue weighted by atomic mass is 9.99. The molecule has 420 valence electrons. The van der Waals surface area contributed by atoms with Gasteiger partial charge in [0.15, 0.2) is 0 Å². The van der Waals surface area contributed by atoms with E-state index >= 15 is 0 Å². The summed E-state index contributed by atoms with van der Waals surface area (Å²) in [5.74, 6) is 0. The van der Waals surface area contributed by atoms with Gasteiger partial charge in [0, 0.05) is 0 Å². The van der Waals surface area contributed by atoms with Crippen LogP contribution in [0.5, 0.6) is 0 Å². The molecule has 0 atom stereocenters. The first kappa shape index (κ1) is 68.3. The molecule has 9 aromatic carbocycles. The van der Waals surface area contributed by atoms with Crippen LogP contribution < -0.4 is 0 Å². The lowest BCUT2D eigenvalue weighted by Crippen LogP contribution is -1.88. The molecule has 0 nitrogen and oxygen atoms in total. The van der Waals surface area contributed by atoms with E-state index in [1.807, 2.05) is 0 Å². The lowest BCUT2D eigenvalue weighted by Gasteiger charge is -2.06. The Morgan fingerprint density at radius 1 is 0.215 bits per heavy atom. The molecule has 0 aliphatic heterocycles. The second-order valence-corrected chi connectivity index (χ2v) is 22.1. The summed E-state index contributed by atoms with van der Waals surface area (Å²) in [5, 5.41) is 2.77. The van der Waals surface area contributed by atoms with Crippen LogP contribution in [0, 0.1) is 132 Å². The lowest BCUT2D eigenvalue weighted by molar-refractivity contribution is 1.09. The molecule has 0 aliphatic carbocycles. The van der Waals surface area contributed by atoms with E-state index in [2.05, 4.69) is 323 Å². The Hall–Kier alpha value is -6.76. The van der Waals surface area contributed by atoms with Crippen molar-refractivity contribution >= 4 is 10.8 Å². The Kier molecular flexibility index (Phi) is 30.9. The number of aryl methyl sites for hydroxylation is 22. The summed E-state index contributed by atoms with van der Waals surface area (Å²) in [5.41, 5.74) is 32.0. The van der Waals surface area contributed by atoms with Crippen LogP contribution in [-0.2, 0) is 25.7 Å². The van der Waals surface area contributed by atoms with Crippen molar-refractivity contribution in [3.8, 4) is 0 Å². The molecule has 9 aromatic rings. The van der Waals surface area contributed by atoms with Crippen molar-refractivity contribution < 1.29 is 0 Å². The largest absolute Gasteiger partial charge is 0.0620 e. The van der Waals surface area contributed by atoms with Crippen LogP contribution in [0.4, 0.5) is 0 Å². The van der Waals surface area contributed by atoms with E-state index < -0.39 is 0 Å². The predicted molar refractivity (Wildman–Crippen MR) is 357 cm³/mol. The maximum absolute atomic E-state index is 2.26. The van der Waals surface area contributed by atoms with Crippen LogP contribution in [0.2, 0.25) is 0 Å². The SMILES string of the molecule is CCc1ccc(C)c(C)c1.CCc1cccc(C)c1.CCc1cccc(C)c1C.CCc1ccccc1C.Cc1cc(C)c(C)cc1C.Cc1cc(C)c2c(C)cccc2c1.Cc1cc(C)cc(C)c1.Cc1ccc(C)c(C)c1. The first-order valence-electron chi connectivity index (χ1n) is 29.1. The first-order valence-corrected chi connectivity index (χ1v) is 29.1. The second kappa shape index (κ2) is 35.7. The summed E-state index contributed by atoms with van der Waals surface area (Å²) >= 11 is 0. The summed E-state index contributed by atoms with van der Waals surface area (Å²) in [6.45, 7) is 49.6. The molecule has 9 rings (SSSR count). The molecular formula is C79H104. The van der Waals surface area contributed by atoms with Crippen molar-refractivity contribution in [1.29, 1.82) is 0 Å². The Morgan fingerprint density at radius 3 is 1.06 bits per heavy atom. The van der Waals surface area contributed by atoms with Gasteiger partial charge in [0.1, 0.15) is 0 Å². The zero-order chi connectivity index (χ0) is 59.4. The van der Waals surface area contributed by atoms with Crippen molar-refractivity contribution in [2.24, 2.45) is 0 Å². The van der Waals surface area contributed by atoms with Gasteiger partial charge in [0.25, 0.3) is 0 Å². The maximum atomic E-state index is 2.26. The molecule has 79 heavy (non-hydrogen) atoms.